The van der Waals surface area contributed by atoms with Gasteiger partial charge in [0.25, 0.3) is 0 Å². The van der Waals surface area contributed by atoms with Crippen LogP contribution >= 0.6 is 15.9 Å². The van der Waals surface area contributed by atoms with Crippen molar-refractivity contribution in [2.45, 2.75) is 38.2 Å². The van der Waals surface area contributed by atoms with Gasteiger partial charge in [0.1, 0.15) is 0 Å². The average Bonchev–Trinajstić information content (AvgIpc) is 2.28. The lowest BCUT2D eigenvalue weighted by Gasteiger charge is -2.36. The van der Waals surface area contributed by atoms with E-state index in [4.69, 9.17) is 4.74 Å². The lowest BCUT2D eigenvalue weighted by molar-refractivity contribution is -0.0778. The van der Waals surface area contributed by atoms with E-state index in [-0.39, 0.29) is 0 Å². The highest BCUT2D eigenvalue weighted by Crippen LogP contribution is 2.22. The SMILES string of the molecule is CCCC(CBr)CN(C)CC1(O)CCOCC1. The highest BCUT2D eigenvalue weighted by atomic mass is 79.9. The summed E-state index contributed by atoms with van der Waals surface area (Å²) in [6.45, 7) is 5.44. The summed E-state index contributed by atoms with van der Waals surface area (Å²) in [6, 6.07) is 0. The molecule has 102 valence electrons. The molecule has 1 fully saturated rings. The molecule has 0 aromatic rings. The van der Waals surface area contributed by atoms with E-state index in [1.54, 1.807) is 0 Å². The summed E-state index contributed by atoms with van der Waals surface area (Å²) in [5.74, 6) is 0.688. The molecule has 0 aromatic heterocycles. The molecule has 1 heterocycles. The van der Waals surface area contributed by atoms with Crippen molar-refractivity contribution >= 4 is 15.9 Å². The second-order valence-corrected chi connectivity index (χ2v) is 5.99. The predicted molar refractivity (Wildman–Crippen MR) is 74.7 cm³/mol. The summed E-state index contributed by atoms with van der Waals surface area (Å²) in [4.78, 5) is 2.27. The highest BCUT2D eigenvalue weighted by molar-refractivity contribution is 9.09. The maximum absolute atomic E-state index is 10.4. The Morgan fingerprint density at radius 1 is 1.41 bits per heavy atom. The summed E-state index contributed by atoms with van der Waals surface area (Å²) in [6.07, 6.45) is 4.01. The van der Waals surface area contributed by atoms with Crippen LogP contribution in [0.5, 0.6) is 0 Å². The van der Waals surface area contributed by atoms with Crippen LogP contribution in [0.15, 0.2) is 0 Å². The minimum atomic E-state index is -0.532. The molecule has 17 heavy (non-hydrogen) atoms. The Labute approximate surface area is 114 Å². The van der Waals surface area contributed by atoms with E-state index in [2.05, 4.69) is 34.8 Å². The van der Waals surface area contributed by atoms with Crippen LogP contribution in [0.3, 0.4) is 0 Å². The molecule has 0 bridgehead atoms. The topological polar surface area (TPSA) is 32.7 Å². The number of hydrogen-bond donors (Lipinski definition) is 1. The van der Waals surface area contributed by atoms with E-state index in [0.717, 1.165) is 31.3 Å². The molecule has 1 unspecified atom stereocenters. The van der Waals surface area contributed by atoms with Crippen molar-refractivity contribution in [2.75, 3.05) is 38.7 Å². The maximum Gasteiger partial charge on any atom is 0.0817 e. The van der Waals surface area contributed by atoms with Crippen molar-refractivity contribution in [2.24, 2.45) is 5.92 Å². The minimum absolute atomic E-state index is 0.532. The van der Waals surface area contributed by atoms with E-state index < -0.39 is 5.60 Å². The predicted octanol–water partition coefficient (Wildman–Crippen LogP) is 2.27. The molecular formula is C13H26BrNO2. The number of rotatable bonds is 7. The fourth-order valence-electron chi connectivity index (χ4n) is 2.54. The third kappa shape index (κ3) is 5.69. The van der Waals surface area contributed by atoms with Gasteiger partial charge in [-0.2, -0.15) is 0 Å². The first kappa shape index (κ1) is 15.4. The van der Waals surface area contributed by atoms with E-state index in [0.29, 0.717) is 19.1 Å². The number of halogens is 1. The molecule has 1 aliphatic heterocycles. The van der Waals surface area contributed by atoms with E-state index >= 15 is 0 Å². The van der Waals surface area contributed by atoms with Crippen LogP contribution in [0.1, 0.15) is 32.6 Å². The van der Waals surface area contributed by atoms with E-state index in [1.807, 2.05) is 0 Å². The molecule has 1 saturated heterocycles. The van der Waals surface area contributed by atoms with Gasteiger partial charge in [-0.05, 0) is 19.4 Å². The van der Waals surface area contributed by atoms with Crippen LogP contribution in [0.4, 0.5) is 0 Å². The van der Waals surface area contributed by atoms with Gasteiger partial charge in [-0.1, -0.05) is 29.3 Å². The molecule has 0 amide bonds. The van der Waals surface area contributed by atoms with Crippen LogP contribution in [-0.4, -0.2) is 54.3 Å². The fraction of sp³-hybridized carbons (Fsp3) is 1.00. The number of likely N-dealkylation sites (N-methyl/N-ethyl adjacent to an activating group) is 1. The Morgan fingerprint density at radius 3 is 2.59 bits per heavy atom. The van der Waals surface area contributed by atoms with Gasteiger partial charge >= 0.3 is 0 Å². The van der Waals surface area contributed by atoms with Crippen LogP contribution in [0.2, 0.25) is 0 Å². The molecule has 0 aromatic carbocycles. The summed E-state index contributed by atoms with van der Waals surface area (Å²) in [5.41, 5.74) is -0.532. The first-order valence-corrected chi connectivity index (χ1v) is 7.76. The lowest BCUT2D eigenvalue weighted by Crippen LogP contribution is -2.46. The number of ether oxygens (including phenoxy) is 1. The van der Waals surface area contributed by atoms with Gasteiger partial charge in [-0.25, -0.2) is 0 Å². The lowest BCUT2D eigenvalue weighted by atomic mass is 9.93. The molecular weight excluding hydrogens is 282 g/mol. The zero-order chi connectivity index (χ0) is 12.7. The summed E-state index contributed by atoms with van der Waals surface area (Å²) in [5, 5.41) is 11.5. The maximum atomic E-state index is 10.4. The summed E-state index contributed by atoms with van der Waals surface area (Å²) in [7, 11) is 2.11. The Kier molecular flexibility index (Phi) is 7.00. The van der Waals surface area contributed by atoms with Crippen molar-refractivity contribution in [3.63, 3.8) is 0 Å². The van der Waals surface area contributed by atoms with Crippen molar-refractivity contribution in [1.82, 2.24) is 4.90 Å². The van der Waals surface area contributed by atoms with E-state index in [1.165, 1.54) is 12.8 Å². The summed E-state index contributed by atoms with van der Waals surface area (Å²) >= 11 is 3.57. The minimum Gasteiger partial charge on any atom is -0.388 e. The van der Waals surface area contributed by atoms with Gasteiger partial charge < -0.3 is 14.7 Å². The van der Waals surface area contributed by atoms with Gasteiger partial charge in [0, 0.05) is 44.5 Å². The molecule has 3 nitrogen and oxygen atoms in total. The number of nitrogens with zero attached hydrogens (tertiary/aromatic N) is 1. The van der Waals surface area contributed by atoms with Gasteiger partial charge in [0.15, 0.2) is 0 Å². The van der Waals surface area contributed by atoms with Gasteiger partial charge in [-0.15, -0.1) is 0 Å². The van der Waals surface area contributed by atoms with Crippen LogP contribution in [0, 0.1) is 5.92 Å². The van der Waals surface area contributed by atoms with Crippen molar-refractivity contribution < 1.29 is 9.84 Å². The Balaban J connectivity index is 2.33. The standard InChI is InChI=1S/C13H26BrNO2/c1-3-4-12(9-14)10-15(2)11-13(16)5-7-17-8-6-13/h12,16H,3-11H2,1-2H3. The van der Waals surface area contributed by atoms with E-state index in [9.17, 15) is 5.11 Å². The van der Waals surface area contributed by atoms with Crippen LogP contribution < -0.4 is 0 Å². The molecule has 1 aliphatic rings. The largest absolute Gasteiger partial charge is 0.388 e. The molecule has 1 rings (SSSR count). The molecule has 1 atom stereocenters. The Morgan fingerprint density at radius 2 is 2.06 bits per heavy atom. The normalized spacial score (nSPS) is 21.7. The van der Waals surface area contributed by atoms with Crippen LogP contribution in [-0.2, 0) is 4.74 Å². The molecule has 0 saturated carbocycles. The van der Waals surface area contributed by atoms with Crippen molar-refractivity contribution in [1.29, 1.82) is 0 Å². The monoisotopic (exact) mass is 307 g/mol. The van der Waals surface area contributed by atoms with Crippen molar-refractivity contribution in [3.05, 3.63) is 0 Å². The van der Waals surface area contributed by atoms with Crippen LogP contribution in [0.25, 0.3) is 0 Å². The third-order valence-electron chi connectivity index (χ3n) is 3.47. The van der Waals surface area contributed by atoms with Gasteiger partial charge in [0.2, 0.25) is 0 Å². The van der Waals surface area contributed by atoms with Gasteiger partial charge in [-0.3, -0.25) is 0 Å². The number of alkyl halides is 1. The zero-order valence-corrected chi connectivity index (χ0v) is 12.7. The number of aliphatic hydroxyl groups is 1. The average molecular weight is 308 g/mol. The third-order valence-corrected chi connectivity index (χ3v) is 4.39. The zero-order valence-electron chi connectivity index (χ0n) is 11.1. The second kappa shape index (κ2) is 7.72. The first-order valence-electron chi connectivity index (χ1n) is 6.64. The molecule has 0 radical (unpaired) electrons. The first-order chi connectivity index (χ1) is 8.09. The fourth-order valence-corrected chi connectivity index (χ4v) is 3.07. The summed E-state index contributed by atoms with van der Waals surface area (Å²) < 4.78 is 5.30. The highest BCUT2D eigenvalue weighted by Gasteiger charge is 2.31. The Hall–Kier alpha value is 0.360. The number of hydrogen-bond acceptors (Lipinski definition) is 3. The smallest absolute Gasteiger partial charge is 0.0817 e. The molecule has 0 aliphatic carbocycles. The van der Waals surface area contributed by atoms with Gasteiger partial charge in [0.05, 0.1) is 5.60 Å². The quantitative estimate of drug-likeness (QED) is 0.732. The molecule has 4 heteroatoms. The molecule has 1 N–H and O–H groups in total. The molecule has 0 spiro atoms. The Bertz CT molecular complexity index is 208. The second-order valence-electron chi connectivity index (χ2n) is 5.34. The van der Waals surface area contributed by atoms with Crippen molar-refractivity contribution in [3.8, 4) is 0 Å².